The third-order valence-electron chi connectivity index (χ3n) is 13.6. The molecule has 4 aliphatic rings. The molecule has 10 nitrogen and oxygen atoms in total. The van der Waals surface area contributed by atoms with Gasteiger partial charge in [0.05, 0.1) is 11.1 Å². The number of ether oxygens (including phenoxy) is 4. The van der Waals surface area contributed by atoms with Crippen molar-refractivity contribution in [3.05, 3.63) is 65.5 Å². The van der Waals surface area contributed by atoms with Crippen molar-refractivity contribution < 1.29 is 33.3 Å². The number of fused-ring (bicyclic) bond motifs is 5. The zero-order valence-electron chi connectivity index (χ0n) is 30.3. The van der Waals surface area contributed by atoms with E-state index in [0.717, 1.165) is 63.4 Å². The Morgan fingerprint density at radius 1 is 0.900 bits per heavy atom. The molecule has 1 aromatic heterocycles. The molecular weight excluding hydrogens is 634 g/mol. The number of nitrogens with zero attached hydrogens (tertiary/aromatic N) is 1. The minimum atomic E-state index is -0.562. The number of carbonyl (C=O) groups is 3. The predicted octanol–water partition coefficient (Wildman–Crippen LogP) is 6.80. The number of hydrazine groups is 1. The van der Waals surface area contributed by atoms with Crippen molar-refractivity contribution in [1.82, 2.24) is 10.4 Å². The van der Waals surface area contributed by atoms with Gasteiger partial charge in [0.1, 0.15) is 12.2 Å². The van der Waals surface area contributed by atoms with Crippen LogP contribution in [0.15, 0.2) is 48.8 Å². The van der Waals surface area contributed by atoms with Crippen LogP contribution in [0.1, 0.15) is 118 Å². The fourth-order valence-corrected chi connectivity index (χ4v) is 11.1. The topological polar surface area (TPSA) is 139 Å². The second kappa shape index (κ2) is 15.1. The van der Waals surface area contributed by atoms with Gasteiger partial charge in [0.25, 0.3) is 0 Å². The SMILES string of the molecule is COC(OC)c1cccc(C(=O)O[C@@H]2CC[C@@]3(C)[C@@H](C2)C[C@@H](OC(=O)c2ccncc2)[C@@H]2[C@@H]3CC[C@]3(C)[C@@H]([C@H](C)CCC(=O)NN)CC[C@@H]23)c1. The number of rotatable bonds is 11. The Kier molecular flexibility index (Phi) is 11.0. The number of hydrogen-bond donors (Lipinski definition) is 2. The third kappa shape index (κ3) is 6.95. The van der Waals surface area contributed by atoms with Crippen LogP contribution < -0.4 is 11.3 Å². The van der Waals surface area contributed by atoms with E-state index in [2.05, 4.69) is 31.2 Å². The van der Waals surface area contributed by atoms with Crippen LogP contribution in [0.4, 0.5) is 0 Å². The minimum Gasteiger partial charge on any atom is -0.459 e. The summed E-state index contributed by atoms with van der Waals surface area (Å²) in [6.45, 7) is 7.21. The Morgan fingerprint density at radius 3 is 2.32 bits per heavy atom. The van der Waals surface area contributed by atoms with Gasteiger partial charge in [0, 0.05) is 44.5 Å². The van der Waals surface area contributed by atoms with Crippen molar-refractivity contribution in [2.45, 2.75) is 103 Å². The first-order chi connectivity index (χ1) is 24.0. The van der Waals surface area contributed by atoms with Crippen LogP contribution >= 0.6 is 0 Å². The summed E-state index contributed by atoms with van der Waals surface area (Å²) in [5, 5.41) is 0. The number of methoxy groups -OCH3 is 2. The molecule has 4 saturated carbocycles. The van der Waals surface area contributed by atoms with Crippen LogP contribution in [0.3, 0.4) is 0 Å². The first kappa shape index (κ1) is 36.5. The van der Waals surface area contributed by atoms with Crippen molar-refractivity contribution in [3.8, 4) is 0 Å². The van der Waals surface area contributed by atoms with Crippen LogP contribution in [-0.4, -0.2) is 49.3 Å². The number of hydrogen-bond acceptors (Lipinski definition) is 9. The van der Waals surface area contributed by atoms with Gasteiger partial charge in [-0.15, -0.1) is 0 Å². The van der Waals surface area contributed by atoms with E-state index in [1.807, 2.05) is 12.1 Å². The molecule has 2 aromatic rings. The standard InChI is InChI=1S/C40H55N3O7/c1-24(9-12-34(44)43-41)30-10-11-31-35-32(14-18-40(30,31)3)39(2)17-13-29(49-37(46)26-7-6-8-27(21-26)38(47-4)48-5)22-28(39)23-33(35)50-36(45)25-15-19-42-20-16-25/h6-8,15-16,19-21,24,28-33,35,38H,9-14,17-18,22-23,41H2,1-5H3,(H,43,44)/t24-,28+,29-,30-,31+,32+,33-,35+,39+,40-/m1/s1. The minimum absolute atomic E-state index is 0.0570. The average molecular weight is 690 g/mol. The molecule has 3 N–H and O–H groups in total. The fourth-order valence-electron chi connectivity index (χ4n) is 11.1. The number of pyridine rings is 1. The molecule has 4 aliphatic carbocycles. The smallest absolute Gasteiger partial charge is 0.338 e. The van der Waals surface area contributed by atoms with Crippen LogP contribution in [0.5, 0.6) is 0 Å². The van der Waals surface area contributed by atoms with Gasteiger partial charge in [-0.1, -0.05) is 32.9 Å². The average Bonchev–Trinajstić information content (AvgIpc) is 3.49. The van der Waals surface area contributed by atoms with Gasteiger partial charge >= 0.3 is 11.9 Å². The Bertz CT molecular complexity index is 1520. The maximum atomic E-state index is 13.6. The van der Waals surface area contributed by atoms with Crippen molar-refractivity contribution in [2.24, 2.45) is 52.2 Å². The Hall–Kier alpha value is -3.34. The summed E-state index contributed by atoms with van der Waals surface area (Å²) >= 11 is 0. The van der Waals surface area contributed by atoms with E-state index in [9.17, 15) is 14.4 Å². The second-order valence-corrected chi connectivity index (χ2v) is 16.0. The summed E-state index contributed by atoms with van der Waals surface area (Å²) in [6, 6.07) is 10.7. The lowest BCUT2D eigenvalue weighted by molar-refractivity contribution is -0.175. The summed E-state index contributed by atoms with van der Waals surface area (Å²) in [7, 11) is 3.14. The first-order valence-electron chi connectivity index (χ1n) is 18.5. The molecule has 0 aliphatic heterocycles. The van der Waals surface area contributed by atoms with Gasteiger partial charge in [-0.2, -0.15) is 0 Å². The molecule has 0 bridgehead atoms. The van der Waals surface area contributed by atoms with Crippen molar-refractivity contribution in [1.29, 1.82) is 0 Å². The number of amides is 1. The molecule has 50 heavy (non-hydrogen) atoms. The van der Waals surface area contributed by atoms with Gasteiger partial charge in [0.15, 0.2) is 6.29 Å². The molecule has 6 rings (SSSR count). The fraction of sp³-hybridized carbons (Fsp3) is 0.650. The molecule has 10 heteroatoms. The highest BCUT2D eigenvalue weighted by Crippen LogP contribution is 2.69. The highest BCUT2D eigenvalue weighted by Gasteiger charge is 2.64. The summed E-state index contributed by atoms with van der Waals surface area (Å²) in [6.07, 6.45) is 11.2. The van der Waals surface area contributed by atoms with E-state index < -0.39 is 6.29 Å². The molecule has 1 heterocycles. The van der Waals surface area contributed by atoms with E-state index in [-0.39, 0.29) is 52.7 Å². The van der Waals surface area contributed by atoms with E-state index >= 15 is 0 Å². The monoisotopic (exact) mass is 689 g/mol. The van der Waals surface area contributed by atoms with Crippen molar-refractivity contribution in [3.63, 3.8) is 0 Å². The van der Waals surface area contributed by atoms with Crippen LogP contribution in [0.25, 0.3) is 0 Å². The third-order valence-corrected chi connectivity index (χ3v) is 13.6. The molecular formula is C40H55N3O7. The van der Waals surface area contributed by atoms with Crippen molar-refractivity contribution in [2.75, 3.05) is 14.2 Å². The summed E-state index contributed by atoms with van der Waals surface area (Å²) in [5.74, 6) is 6.85. The lowest BCUT2D eigenvalue weighted by atomic mass is 9.43. The summed E-state index contributed by atoms with van der Waals surface area (Å²) in [5.41, 5.74) is 4.20. The summed E-state index contributed by atoms with van der Waals surface area (Å²) in [4.78, 5) is 43.2. The number of nitrogens with one attached hydrogen (secondary N) is 1. The number of nitrogens with two attached hydrogens (primary N) is 1. The molecule has 1 aromatic carbocycles. The van der Waals surface area contributed by atoms with E-state index in [0.29, 0.717) is 41.2 Å². The molecule has 0 spiro atoms. The maximum Gasteiger partial charge on any atom is 0.338 e. The first-order valence-corrected chi connectivity index (χ1v) is 18.5. The molecule has 0 radical (unpaired) electrons. The Balaban J connectivity index is 1.23. The number of aromatic nitrogens is 1. The lowest BCUT2D eigenvalue weighted by Crippen LogP contribution is -2.59. The molecule has 0 saturated heterocycles. The zero-order chi connectivity index (χ0) is 35.6. The number of esters is 2. The summed E-state index contributed by atoms with van der Waals surface area (Å²) < 4.78 is 23.5. The quantitative estimate of drug-likeness (QED) is 0.0858. The Labute approximate surface area is 296 Å². The lowest BCUT2D eigenvalue weighted by Gasteiger charge is -2.62. The Morgan fingerprint density at radius 2 is 1.60 bits per heavy atom. The molecule has 4 fully saturated rings. The number of benzene rings is 1. The predicted molar refractivity (Wildman–Crippen MR) is 187 cm³/mol. The largest absolute Gasteiger partial charge is 0.459 e. The molecule has 1 amide bonds. The number of carbonyl (C=O) groups excluding carboxylic acids is 3. The van der Waals surface area contributed by atoms with E-state index in [1.165, 1.54) is 0 Å². The highest BCUT2D eigenvalue weighted by molar-refractivity contribution is 5.90. The molecule has 272 valence electrons. The van der Waals surface area contributed by atoms with Gasteiger partial charge < -0.3 is 18.9 Å². The highest BCUT2D eigenvalue weighted by atomic mass is 16.7. The van der Waals surface area contributed by atoms with Crippen LogP contribution in [0.2, 0.25) is 0 Å². The van der Waals surface area contributed by atoms with Crippen molar-refractivity contribution >= 4 is 17.8 Å². The molecule has 0 unspecified atom stereocenters. The van der Waals surface area contributed by atoms with Crippen LogP contribution in [0, 0.1) is 46.3 Å². The van der Waals surface area contributed by atoms with Crippen LogP contribution in [-0.2, 0) is 23.7 Å². The van der Waals surface area contributed by atoms with Gasteiger partial charge in [-0.3, -0.25) is 15.2 Å². The van der Waals surface area contributed by atoms with E-state index in [1.54, 1.807) is 50.9 Å². The van der Waals surface area contributed by atoms with E-state index in [4.69, 9.17) is 24.8 Å². The van der Waals surface area contributed by atoms with Gasteiger partial charge in [-0.05, 0) is 122 Å². The van der Waals surface area contributed by atoms with Gasteiger partial charge in [-0.25, -0.2) is 15.4 Å². The zero-order valence-corrected chi connectivity index (χ0v) is 30.3. The molecule has 10 atom stereocenters. The normalized spacial score (nSPS) is 33.8. The van der Waals surface area contributed by atoms with Gasteiger partial charge in [0.2, 0.25) is 5.91 Å². The second-order valence-electron chi connectivity index (χ2n) is 16.0. The maximum absolute atomic E-state index is 13.6.